The number of hydrogen-bond donors (Lipinski definition) is 5. The van der Waals surface area contributed by atoms with Gasteiger partial charge < -0.3 is 44.5 Å². The first-order valence-electron chi connectivity index (χ1n) is 11.3. The molecular formula is C27H30O10. The third kappa shape index (κ3) is 7.11. The number of phenolic OH excluding ortho intramolecular Hbond substituents is 1. The van der Waals surface area contributed by atoms with Crippen LogP contribution in [0, 0.1) is 0 Å². The molecule has 0 radical (unpaired) electrons. The Hall–Kier alpha value is -3.83. The van der Waals surface area contributed by atoms with Gasteiger partial charge >= 0.3 is 0 Å². The molecule has 10 nitrogen and oxygen atoms in total. The van der Waals surface area contributed by atoms with Crippen molar-refractivity contribution in [2.24, 2.45) is 0 Å². The maximum Gasteiger partial charge on any atom is 0.229 e. The summed E-state index contributed by atoms with van der Waals surface area (Å²) in [6.07, 6.45) is 0.583. The van der Waals surface area contributed by atoms with Gasteiger partial charge in [-0.1, -0.05) is 24.3 Å². The predicted molar refractivity (Wildman–Crippen MR) is 134 cm³/mol. The highest BCUT2D eigenvalue weighted by atomic mass is 16.7. The number of aliphatic hydroxyl groups excluding tert-OH is 4. The monoisotopic (exact) mass is 514 g/mol. The fourth-order valence-corrected chi connectivity index (χ4v) is 3.52. The topological polar surface area (TPSA) is 155 Å². The van der Waals surface area contributed by atoms with Crippen LogP contribution in [0.15, 0.2) is 60.4 Å². The maximum absolute atomic E-state index is 12.1. The fourth-order valence-electron chi connectivity index (χ4n) is 3.52. The molecule has 1 heterocycles. The van der Waals surface area contributed by atoms with Crippen molar-refractivity contribution in [3.8, 4) is 23.0 Å². The number of aromatic hydroxyl groups is 1. The highest BCUT2D eigenvalue weighted by Crippen LogP contribution is 2.32. The molecule has 1 aliphatic rings. The first kappa shape index (κ1) is 27.8. The van der Waals surface area contributed by atoms with Gasteiger partial charge in [0.15, 0.2) is 28.8 Å². The van der Waals surface area contributed by atoms with Crippen LogP contribution in [-0.2, 0) is 9.53 Å². The maximum atomic E-state index is 12.1. The van der Waals surface area contributed by atoms with Gasteiger partial charge in [-0.3, -0.25) is 4.79 Å². The Morgan fingerprint density at radius 2 is 1.49 bits per heavy atom. The molecule has 3 rings (SSSR count). The van der Waals surface area contributed by atoms with Gasteiger partial charge in [0.25, 0.3) is 0 Å². The lowest BCUT2D eigenvalue weighted by molar-refractivity contribution is -0.268. The second-order valence-corrected chi connectivity index (χ2v) is 8.28. The number of phenols is 1. The average molecular weight is 515 g/mol. The Labute approximate surface area is 213 Å². The van der Waals surface area contributed by atoms with Crippen molar-refractivity contribution >= 4 is 17.9 Å². The van der Waals surface area contributed by atoms with E-state index in [4.69, 9.17) is 18.9 Å². The second-order valence-electron chi connectivity index (χ2n) is 8.28. The third-order valence-corrected chi connectivity index (χ3v) is 5.62. The Bertz CT molecular complexity index is 1190. The molecular weight excluding hydrogens is 484 g/mol. The number of ketones is 1. The Morgan fingerprint density at radius 1 is 0.865 bits per heavy atom. The molecule has 37 heavy (non-hydrogen) atoms. The van der Waals surface area contributed by atoms with Crippen molar-refractivity contribution in [2.75, 3.05) is 14.2 Å². The zero-order valence-electron chi connectivity index (χ0n) is 20.5. The number of carbonyl (C=O) groups excluding carboxylic acids is 1. The molecule has 2 aromatic rings. The van der Waals surface area contributed by atoms with Crippen LogP contribution in [0.4, 0.5) is 0 Å². The quantitative estimate of drug-likeness (QED) is 0.191. The van der Waals surface area contributed by atoms with Crippen LogP contribution in [0.1, 0.15) is 18.1 Å². The summed E-state index contributed by atoms with van der Waals surface area (Å²) < 4.78 is 21.5. The summed E-state index contributed by atoms with van der Waals surface area (Å²) in [4.78, 5) is 12.1. The van der Waals surface area contributed by atoms with Crippen LogP contribution in [0.25, 0.3) is 12.2 Å². The van der Waals surface area contributed by atoms with Crippen LogP contribution in [0.5, 0.6) is 23.0 Å². The zero-order chi connectivity index (χ0) is 27.1. The molecule has 1 saturated heterocycles. The van der Waals surface area contributed by atoms with E-state index in [1.807, 2.05) is 0 Å². The number of methoxy groups -OCH3 is 2. The van der Waals surface area contributed by atoms with Crippen molar-refractivity contribution in [1.82, 2.24) is 0 Å². The van der Waals surface area contributed by atoms with E-state index in [-0.39, 0.29) is 28.8 Å². The Kier molecular flexibility index (Phi) is 9.31. The van der Waals surface area contributed by atoms with E-state index in [2.05, 4.69) is 0 Å². The lowest BCUT2D eigenvalue weighted by atomic mass is 10.00. The van der Waals surface area contributed by atoms with E-state index in [1.165, 1.54) is 38.5 Å². The van der Waals surface area contributed by atoms with Crippen molar-refractivity contribution in [3.05, 3.63) is 71.5 Å². The normalized spacial score (nSPS) is 24.4. The number of allylic oxidation sites excluding steroid dienone is 3. The molecule has 10 heteroatoms. The van der Waals surface area contributed by atoms with Gasteiger partial charge in [0.2, 0.25) is 6.29 Å². The minimum absolute atomic E-state index is 0.0157. The number of carbonyl (C=O) groups is 1. The molecule has 0 spiro atoms. The summed E-state index contributed by atoms with van der Waals surface area (Å²) in [7, 11) is 2.84. The molecule has 0 aromatic heterocycles. The molecule has 5 atom stereocenters. The summed E-state index contributed by atoms with van der Waals surface area (Å²) in [5.74, 6) is 0.0400. The molecule has 0 unspecified atom stereocenters. The number of hydrogen-bond acceptors (Lipinski definition) is 10. The Balaban J connectivity index is 1.66. The summed E-state index contributed by atoms with van der Waals surface area (Å²) in [5.41, 5.74) is 1.24. The van der Waals surface area contributed by atoms with E-state index in [9.17, 15) is 30.3 Å². The van der Waals surface area contributed by atoms with E-state index in [0.29, 0.717) is 11.1 Å². The molecule has 1 aliphatic heterocycles. The fraction of sp³-hybridized carbons (Fsp3) is 0.296. The minimum Gasteiger partial charge on any atom is -0.508 e. The molecule has 0 saturated carbocycles. The van der Waals surface area contributed by atoms with Crippen LogP contribution < -0.4 is 14.2 Å². The average Bonchev–Trinajstić information content (AvgIpc) is 2.89. The van der Waals surface area contributed by atoms with Gasteiger partial charge in [0.05, 0.1) is 20.3 Å². The van der Waals surface area contributed by atoms with E-state index >= 15 is 0 Å². The van der Waals surface area contributed by atoms with Crippen LogP contribution in [-0.4, -0.2) is 76.2 Å². The first-order chi connectivity index (χ1) is 17.6. The molecule has 2 aromatic carbocycles. The van der Waals surface area contributed by atoms with Crippen LogP contribution in [0.2, 0.25) is 0 Å². The predicted octanol–water partition coefficient (Wildman–Crippen LogP) is 2.35. The van der Waals surface area contributed by atoms with Gasteiger partial charge in [-0.2, -0.15) is 0 Å². The SMILES string of the molecule is COc1cc(/C=C/C(=O)C=C(O)/C=C/c2ccc(O[C@@H]3O[C@H](C)[C@@H](O)[C@H](O)[C@H]3O)c(OC)c2)ccc1O. The zero-order valence-corrected chi connectivity index (χ0v) is 20.5. The van der Waals surface area contributed by atoms with E-state index in [0.717, 1.165) is 6.08 Å². The molecule has 0 amide bonds. The summed E-state index contributed by atoms with van der Waals surface area (Å²) in [6, 6.07) is 9.42. The molecule has 5 N–H and O–H groups in total. The van der Waals surface area contributed by atoms with Gasteiger partial charge in [0.1, 0.15) is 24.1 Å². The summed E-state index contributed by atoms with van der Waals surface area (Å²) >= 11 is 0. The molecule has 0 aliphatic carbocycles. The van der Waals surface area contributed by atoms with E-state index in [1.54, 1.807) is 43.3 Å². The molecule has 0 bridgehead atoms. The second kappa shape index (κ2) is 12.4. The van der Waals surface area contributed by atoms with Crippen molar-refractivity contribution < 1.29 is 49.3 Å². The summed E-state index contributed by atoms with van der Waals surface area (Å²) in [6.45, 7) is 1.55. The van der Waals surface area contributed by atoms with Gasteiger partial charge in [0, 0.05) is 6.08 Å². The lowest BCUT2D eigenvalue weighted by Crippen LogP contribution is -2.58. The molecule has 1 fully saturated rings. The van der Waals surface area contributed by atoms with Gasteiger partial charge in [-0.15, -0.1) is 0 Å². The van der Waals surface area contributed by atoms with E-state index < -0.39 is 36.5 Å². The van der Waals surface area contributed by atoms with Crippen LogP contribution >= 0.6 is 0 Å². The smallest absolute Gasteiger partial charge is 0.229 e. The molecule has 198 valence electrons. The highest BCUT2D eigenvalue weighted by molar-refractivity contribution is 6.02. The number of benzene rings is 2. The third-order valence-electron chi connectivity index (χ3n) is 5.62. The number of aliphatic hydroxyl groups is 4. The van der Waals surface area contributed by atoms with Crippen LogP contribution in [0.3, 0.4) is 0 Å². The standard InChI is InChI=1S/C27H30O10/c1-15-24(31)25(32)26(33)27(36-15)37-21-11-7-17(13-23(21)35-3)5-9-19(29)14-18(28)8-4-16-6-10-20(30)22(12-16)34-2/h4-15,24-27,29-33H,1-3H3/b8-4+,9-5+,19-14?/t15-,24-,25+,26-,27+/m1/s1. The van der Waals surface area contributed by atoms with Crippen molar-refractivity contribution in [3.63, 3.8) is 0 Å². The lowest BCUT2D eigenvalue weighted by Gasteiger charge is -2.39. The number of rotatable bonds is 9. The minimum atomic E-state index is -1.47. The van der Waals surface area contributed by atoms with Gasteiger partial charge in [-0.25, -0.2) is 0 Å². The number of ether oxygens (including phenoxy) is 4. The first-order valence-corrected chi connectivity index (χ1v) is 11.3. The summed E-state index contributed by atoms with van der Waals surface area (Å²) in [5, 5.41) is 49.7. The Morgan fingerprint density at radius 3 is 2.16 bits per heavy atom. The van der Waals surface area contributed by atoms with Gasteiger partial charge in [-0.05, 0) is 54.5 Å². The van der Waals surface area contributed by atoms with Crippen molar-refractivity contribution in [1.29, 1.82) is 0 Å². The van der Waals surface area contributed by atoms with Crippen molar-refractivity contribution in [2.45, 2.75) is 37.6 Å². The highest BCUT2D eigenvalue weighted by Gasteiger charge is 2.43. The largest absolute Gasteiger partial charge is 0.508 e.